The highest BCUT2D eigenvalue weighted by molar-refractivity contribution is 6.01. The minimum Gasteiger partial charge on any atom is -0.379 e. The van der Waals surface area contributed by atoms with E-state index in [1.54, 1.807) is 0 Å². The molecule has 1 fully saturated rings. The highest BCUT2D eigenvalue weighted by Gasteiger charge is 2.32. The molecule has 3 rings (SSSR count). The molecule has 2 heterocycles. The van der Waals surface area contributed by atoms with E-state index in [0.717, 1.165) is 17.0 Å². The fraction of sp³-hybridized carbons (Fsp3) is 0.688. The Bertz CT molecular complexity index is 779. The van der Waals surface area contributed by atoms with E-state index in [4.69, 9.17) is 11.0 Å². The number of nitrogens with one attached hydrogen (secondary N) is 1. The molecule has 4 nitrogen and oxygen atoms in total. The summed E-state index contributed by atoms with van der Waals surface area (Å²) >= 11 is 0. The van der Waals surface area contributed by atoms with Crippen molar-refractivity contribution >= 4 is 5.78 Å². The van der Waals surface area contributed by atoms with Crippen LogP contribution in [0, 0.1) is 12.8 Å². The zero-order valence-electron chi connectivity index (χ0n) is 19.7. The largest absolute Gasteiger partial charge is 0.379 e. The van der Waals surface area contributed by atoms with Gasteiger partial charge in [0.2, 0.25) is 0 Å². The van der Waals surface area contributed by atoms with Crippen molar-refractivity contribution in [2.45, 2.75) is 33.1 Å². The zero-order valence-corrected chi connectivity index (χ0v) is 11.7. The molecule has 1 aromatic heterocycles. The van der Waals surface area contributed by atoms with E-state index in [0.29, 0.717) is 29.7 Å². The van der Waals surface area contributed by atoms with E-state index in [2.05, 4.69) is 9.72 Å². The summed E-state index contributed by atoms with van der Waals surface area (Å²) in [6.07, 6.45) is 1.51. The molecule has 0 bridgehead atoms. The third-order valence-electron chi connectivity index (χ3n) is 3.97. The zero-order chi connectivity index (χ0) is 21.3. The van der Waals surface area contributed by atoms with Gasteiger partial charge in [0.25, 0.3) is 0 Å². The van der Waals surface area contributed by atoms with Crippen LogP contribution in [0.5, 0.6) is 0 Å². The van der Waals surface area contributed by atoms with Crippen molar-refractivity contribution in [3.63, 3.8) is 0 Å². The van der Waals surface area contributed by atoms with Crippen LogP contribution >= 0.6 is 0 Å². The molecule has 1 aliphatic carbocycles. The van der Waals surface area contributed by atoms with Gasteiger partial charge in [0.05, 0.1) is 18.6 Å². The van der Waals surface area contributed by atoms with E-state index < -0.39 is 38.6 Å². The van der Waals surface area contributed by atoms with Crippen LogP contribution in [0.1, 0.15) is 51.6 Å². The van der Waals surface area contributed by atoms with Crippen molar-refractivity contribution in [2.24, 2.45) is 5.92 Å². The molecule has 1 aliphatic heterocycles. The van der Waals surface area contributed by atoms with Gasteiger partial charge in [-0.15, -0.1) is 0 Å². The maximum Gasteiger partial charge on any atom is 0.169 e. The fourth-order valence-corrected chi connectivity index (χ4v) is 3.01. The van der Waals surface area contributed by atoms with Crippen LogP contribution in [0.25, 0.3) is 0 Å². The Balaban J connectivity index is 1.98. The van der Waals surface area contributed by atoms with Crippen molar-refractivity contribution in [1.82, 2.24) is 9.88 Å². The number of ketones is 1. The number of aryl methyl sites for hydroxylation is 2. The van der Waals surface area contributed by atoms with Crippen LogP contribution in [-0.4, -0.2) is 48.3 Å². The first-order valence-corrected chi connectivity index (χ1v) is 6.90. The van der Waals surface area contributed by atoms with E-state index in [1.807, 2.05) is 13.8 Å². The number of H-pyrrole nitrogens is 1. The minimum absolute atomic E-state index is 0.248. The average molecular weight is 284 g/mol. The Labute approximate surface area is 131 Å². The van der Waals surface area contributed by atoms with Crippen LogP contribution < -0.4 is 0 Å². The molecule has 0 amide bonds. The van der Waals surface area contributed by atoms with E-state index in [9.17, 15) is 4.79 Å². The fourth-order valence-electron chi connectivity index (χ4n) is 3.01. The van der Waals surface area contributed by atoms with Gasteiger partial charge in [0, 0.05) is 47.9 Å². The molecule has 4 heteroatoms. The number of carbonyl (C=O) groups is 1. The number of ether oxygens (including phenoxy) is 1. The summed E-state index contributed by atoms with van der Waals surface area (Å²) in [5.41, 5.74) is 3.14. The molecule has 110 valence electrons. The highest BCUT2D eigenvalue weighted by atomic mass is 16.5. The summed E-state index contributed by atoms with van der Waals surface area (Å²) in [4.78, 5) is 16.8. The average Bonchev–Trinajstić information content (AvgIpc) is 2.87. The molecular formula is C16H24N2O2. The van der Waals surface area contributed by atoms with Gasteiger partial charge in [0.1, 0.15) is 0 Å². The second-order valence-electron chi connectivity index (χ2n) is 5.18. The normalized spacial score (nSPS) is 39.9. The monoisotopic (exact) mass is 284 g/mol. The molecule has 1 atom stereocenters. The molecular weight excluding hydrogens is 252 g/mol. The molecule has 2 aliphatic rings. The second-order valence-corrected chi connectivity index (χ2v) is 5.18. The van der Waals surface area contributed by atoms with Crippen LogP contribution in [0.3, 0.4) is 0 Å². The number of aromatic nitrogens is 1. The third-order valence-corrected chi connectivity index (χ3v) is 3.97. The topological polar surface area (TPSA) is 45.3 Å². The first kappa shape index (κ1) is 7.23. The predicted octanol–water partition coefficient (Wildman–Crippen LogP) is 1.96. The maximum absolute atomic E-state index is 13.1. The number of nitrogens with zero attached hydrogens (tertiary/aromatic N) is 1. The Hall–Kier alpha value is -1.13. The Kier molecular flexibility index (Phi) is 2.06. The molecule has 20 heavy (non-hydrogen) atoms. The lowest BCUT2D eigenvalue weighted by molar-refractivity contribution is 0.0291. The van der Waals surface area contributed by atoms with Crippen LogP contribution in [0.2, 0.25) is 0 Å². The van der Waals surface area contributed by atoms with Crippen LogP contribution in [-0.2, 0) is 17.6 Å². The third kappa shape index (κ3) is 2.42. The predicted molar refractivity (Wildman–Crippen MR) is 78.3 cm³/mol. The number of fused-ring (bicyclic) bond motifs is 1. The number of rotatable bonds is 3. The first-order chi connectivity index (χ1) is 12.7. The number of hydrogen-bond donors (Lipinski definition) is 1. The van der Waals surface area contributed by atoms with E-state index in [1.165, 1.54) is 0 Å². The number of carbonyl (C=O) groups excluding carboxylic acids is 1. The Morgan fingerprint density at radius 3 is 2.90 bits per heavy atom. The molecule has 1 N–H and O–H groups in total. The molecule has 0 aromatic carbocycles. The summed E-state index contributed by atoms with van der Waals surface area (Å²) in [7, 11) is 0. The SMILES string of the molecule is [2H]C1([2H])OC([2H])([2H])C([2H])([2H])N(CC2CCc3[nH]c(C)c(CC)c3C2=O)C1([2H])[2H]. The molecule has 1 saturated heterocycles. The standard InChI is InChI=1S/C16H24N2O2/c1-3-13-11(2)17-14-5-4-12(16(19)15(13)14)10-18-6-8-20-9-7-18/h12,17H,3-10H2,1-2H3/i6D2,7D2,8D2,9D2. The van der Waals surface area contributed by atoms with Gasteiger partial charge in [0.15, 0.2) is 5.78 Å². The minimum atomic E-state index is -3.09. The second kappa shape index (κ2) is 5.70. The highest BCUT2D eigenvalue weighted by Crippen LogP contribution is 2.30. The van der Waals surface area contributed by atoms with E-state index in [-0.39, 0.29) is 5.78 Å². The Morgan fingerprint density at radius 1 is 1.45 bits per heavy atom. The summed E-state index contributed by atoms with van der Waals surface area (Å²) in [6.45, 7) is -8.77. The molecule has 1 aromatic rings. The Morgan fingerprint density at radius 2 is 2.20 bits per heavy atom. The first-order valence-electron chi connectivity index (χ1n) is 10.9. The summed E-state index contributed by atoms with van der Waals surface area (Å²) in [5.74, 6) is -1.02. The number of morpholine rings is 1. The summed E-state index contributed by atoms with van der Waals surface area (Å²) in [6, 6.07) is 0. The van der Waals surface area contributed by atoms with Crippen LogP contribution in [0.4, 0.5) is 0 Å². The number of Topliss-reactive ketones (excluding diaryl/α,β-unsaturated/α-hetero) is 1. The maximum atomic E-state index is 13.1. The number of aromatic amines is 1. The molecule has 0 saturated carbocycles. The van der Waals surface area contributed by atoms with Gasteiger partial charge in [-0.05, 0) is 31.7 Å². The molecule has 1 unspecified atom stereocenters. The van der Waals surface area contributed by atoms with Gasteiger partial charge in [-0.1, -0.05) is 6.92 Å². The van der Waals surface area contributed by atoms with Crippen molar-refractivity contribution in [1.29, 1.82) is 0 Å². The van der Waals surface area contributed by atoms with Gasteiger partial charge < -0.3 is 9.72 Å². The van der Waals surface area contributed by atoms with Crippen molar-refractivity contribution in [3.05, 3.63) is 22.5 Å². The quantitative estimate of drug-likeness (QED) is 0.923. The van der Waals surface area contributed by atoms with Crippen molar-refractivity contribution in [3.8, 4) is 0 Å². The molecule has 0 radical (unpaired) electrons. The van der Waals surface area contributed by atoms with Gasteiger partial charge in [-0.3, -0.25) is 9.69 Å². The summed E-state index contributed by atoms with van der Waals surface area (Å²) in [5, 5.41) is 0. The van der Waals surface area contributed by atoms with Crippen molar-refractivity contribution in [2.75, 3.05) is 32.7 Å². The lowest BCUT2D eigenvalue weighted by Gasteiger charge is -2.31. The van der Waals surface area contributed by atoms with Gasteiger partial charge >= 0.3 is 0 Å². The molecule has 0 spiro atoms. The van der Waals surface area contributed by atoms with E-state index >= 15 is 0 Å². The van der Waals surface area contributed by atoms with Gasteiger partial charge in [-0.2, -0.15) is 0 Å². The van der Waals surface area contributed by atoms with Crippen molar-refractivity contribution < 1.29 is 20.5 Å². The number of hydrogen-bond acceptors (Lipinski definition) is 3. The van der Waals surface area contributed by atoms with Crippen LogP contribution in [0.15, 0.2) is 0 Å². The van der Waals surface area contributed by atoms with Gasteiger partial charge in [-0.25, -0.2) is 0 Å². The lowest BCUT2D eigenvalue weighted by Crippen LogP contribution is -2.42. The smallest absolute Gasteiger partial charge is 0.169 e. The lowest BCUT2D eigenvalue weighted by atomic mass is 9.83. The summed E-state index contributed by atoms with van der Waals surface area (Å²) < 4.78 is 68.0.